The minimum atomic E-state index is -4.56. The van der Waals surface area contributed by atoms with Gasteiger partial charge in [-0.1, -0.05) is 25.6 Å². The highest BCUT2D eigenvalue weighted by molar-refractivity contribution is 7.99. The average Bonchev–Trinajstić information content (AvgIpc) is 2.41. The van der Waals surface area contributed by atoms with Crippen molar-refractivity contribution in [2.24, 2.45) is 5.92 Å². The highest BCUT2D eigenvalue weighted by Crippen LogP contribution is 2.28. The zero-order valence-electron chi connectivity index (χ0n) is 12.3. The molecule has 0 aromatic carbocycles. The maximum absolute atomic E-state index is 12.5. The lowest BCUT2D eigenvalue weighted by Crippen LogP contribution is -2.44. The first kappa shape index (κ1) is 18.4. The molecule has 1 heterocycles. The van der Waals surface area contributed by atoms with Gasteiger partial charge in [-0.05, 0) is 18.9 Å². The molecule has 9 heteroatoms. The molecule has 5 nitrogen and oxygen atoms in total. The van der Waals surface area contributed by atoms with Crippen LogP contribution in [0.15, 0.2) is 17.4 Å². The number of alkyl halides is 3. The van der Waals surface area contributed by atoms with Crippen LogP contribution in [0.4, 0.5) is 13.2 Å². The second-order valence-electron chi connectivity index (χ2n) is 4.91. The molecule has 0 saturated carbocycles. The van der Waals surface area contributed by atoms with Crippen LogP contribution in [0.5, 0.6) is 0 Å². The average molecular weight is 335 g/mol. The lowest BCUT2D eigenvalue weighted by atomic mass is 10.0. The van der Waals surface area contributed by atoms with Gasteiger partial charge in [-0.2, -0.15) is 13.2 Å². The summed E-state index contributed by atoms with van der Waals surface area (Å²) in [4.78, 5) is 30.2. The first-order valence-corrected chi connectivity index (χ1v) is 7.42. The molecule has 1 rings (SSSR count). The number of nitrogens with zero attached hydrogens (tertiary/aromatic N) is 2. The fourth-order valence-corrected chi connectivity index (χ4v) is 2.29. The van der Waals surface area contributed by atoms with Crippen molar-refractivity contribution in [1.29, 1.82) is 0 Å². The van der Waals surface area contributed by atoms with Gasteiger partial charge in [-0.25, -0.2) is 9.97 Å². The van der Waals surface area contributed by atoms with Gasteiger partial charge in [0.25, 0.3) is 0 Å². The largest absolute Gasteiger partial charge is 0.433 e. The second kappa shape index (κ2) is 7.57. The molecule has 1 atom stereocenters. The normalized spacial score (nSPS) is 13.0. The Morgan fingerprint density at radius 3 is 2.50 bits per heavy atom. The molecule has 1 amide bonds. The van der Waals surface area contributed by atoms with Gasteiger partial charge in [0.05, 0.1) is 11.8 Å². The molecule has 1 unspecified atom stereocenters. The maximum atomic E-state index is 12.5. The van der Waals surface area contributed by atoms with Gasteiger partial charge in [-0.3, -0.25) is 9.59 Å². The minimum absolute atomic E-state index is 0.0729. The number of Topliss-reactive ketones (excluding diaryl/α,β-unsaturated/α-hetero) is 1. The molecule has 0 aliphatic rings. The van der Waals surface area contributed by atoms with Crippen LogP contribution in [0.2, 0.25) is 0 Å². The van der Waals surface area contributed by atoms with Crippen molar-refractivity contribution in [1.82, 2.24) is 15.3 Å². The van der Waals surface area contributed by atoms with E-state index in [4.69, 9.17) is 0 Å². The van der Waals surface area contributed by atoms with Gasteiger partial charge in [-0.15, -0.1) is 0 Å². The molecule has 22 heavy (non-hydrogen) atoms. The van der Waals surface area contributed by atoms with Crippen LogP contribution in [0.25, 0.3) is 0 Å². The zero-order chi connectivity index (χ0) is 16.9. The fraction of sp³-hybridized carbons (Fsp3) is 0.538. The molecule has 1 aromatic rings. The quantitative estimate of drug-likeness (QED) is 0.638. The molecule has 1 N–H and O–H groups in total. The number of halogens is 3. The summed E-state index contributed by atoms with van der Waals surface area (Å²) in [6, 6.07) is 0.143. The van der Waals surface area contributed by atoms with Crippen LogP contribution >= 0.6 is 11.8 Å². The van der Waals surface area contributed by atoms with E-state index in [9.17, 15) is 22.8 Å². The molecule has 1 aromatic heterocycles. The Labute approximate surface area is 130 Å². The third-order valence-corrected chi connectivity index (χ3v) is 3.54. The van der Waals surface area contributed by atoms with E-state index < -0.39 is 23.8 Å². The Morgan fingerprint density at radius 2 is 2.00 bits per heavy atom. The highest BCUT2D eigenvalue weighted by atomic mass is 32.2. The molecule has 0 fully saturated rings. The van der Waals surface area contributed by atoms with Gasteiger partial charge >= 0.3 is 6.18 Å². The van der Waals surface area contributed by atoms with E-state index in [2.05, 4.69) is 15.3 Å². The summed E-state index contributed by atoms with van der Waals surface area (Å²) in [6.45, 7) is 4.94. The number of amides is 1. The van der Waals surface area contributed by atoms with E-state index in [1.807, 2.05) is 0 Å². The summed E-state index contributed by atoms with van der Waals surface area (Å²) in [7, 11) is 0. The first-order chi connectivity index (χ1) is 10.1. The summed E-state index contributed by atoms with van der Waals surface area (Å²) in [5.74, 6) is -0.877. The summed E-state index contributed by atoms with van der Waals surface area (Å²) < 4.78 is 37.5. The maximum Gasteiger partial charge on any atom is 0.433 e. The fourth-order valence-electron chi connectivity index (χ4n) is 1.65. The van der Waals surface area contributed by atoms with E-state index in [0.29, 0.717) is 0 Å². The summed E-state index contributed by atoms with van der Waals surface area (Å²) in [5.41, 5.74) is -1.06. The van der Waals surface area contributed by atoms with Gasteiger partial charge in [0, 0.05) is 6.20 Å². The molecular weight excluding hydrogens is 319 g/mol. The van der Waals surface area contributed by atoms with E-state index in [0.717, 1.165) is 24.0 Å². The summed E-state index contributed by atoms with van der Waals surface area (Å²) >= 11 is 0.779. The Kier molecular flexibility index (Phi) is 6.34. The van der Waals surface area contributed by atoms with Gasteiger partial charge in [0.2, 0.25) is 5.91 Å². The molecule has 0 aliphatic carbocycles. The molecular formula is C13H16F3N3O2S. The Bertz CT molecular complexity index is 550. The predicted molar refractivity (Wildman–Crippen MR) is 75.2 cm³/mol. The van der Waals surface area contributed by atoms with Crippen LogP contribution in [-0.4, -0.2) is 33.5 Å². The number of nitrogens with one attached hydrogen (secondary N) is 1. The number of hydrogen-bond acceptors (Lipinski definition) is 5. The number of aromatic nitrogens is 2. The standard InChI is InChI=1S/C13H16F3N3O2S/c1-7(2)11(8(3)20)19-10(21)6-22-12-17-5-4-9(18-12)13(14,15)16/h4-5,7,11H,6H2,1-3H3,(H,19,21). The third-order valence-electron chi connectivity index (χ3n) is 2.68. The van der Waals surface area contributed by atoms with Crippen LogP contribution in [0, 0.1) is 5.92 Å². The van der Waals surface area contributed by atoms with Crippen molar-refractivity contribution in [3.8, 4) is 0 Å². The van der Waals surface area contributed by atoms with Crippen LogP contribution in [0.1, 0.15) is 26.5 Å². The van der Waals surface area contributed by atoms with Crippen molar-refractivity contribution < 1.29 is 22.8 Å². The lowest BCUT2D eigenvalue weighted by molar-refractivity contribution is -0.141. The SMILES string of the molecule is CC(=O)C(NC(=O)CSc1nccc(C(F)(F)F)n1)C(C)C. The summed E-state index contributed by atoms with van der Waals surface area (Å²) in [5, 5.41) is 2.40. The molecule has 122 valence electrons. The van der Waals surface area contributed by atoms with Crippen LogP contribution < -0.4 is 5.32 Å². The van der Waals surface area contributed by atoms with Gasteiger partial charge in [0.15, 0.2) is 10.9 Å². The second-order valence-corrected chi connectivity index (χ2v) is 5.85. The van der Waals surface area contributed by atoms with E-state index in [1.54, 1.807) is 13.8 Å². The Hall–Kier alpha value is -1.64. The third kappa shape index (κ3) is 5.63. The topological polar surface area (TPSA) is 72.0 Å². The number of thioether (sulfide) groups is 1. The lowest BCUT2D eigenvalue weighted by Gasteiger charge is -2.19. The number of hydrogen-bond donors (Lipinski definition) is 1. The van der Waals surface area contributed by atoms with Gasteiger partial charge < -0.3 is 5.32 Å². The number of carbonyl (C=O) groups excluding carboxylic acids is 2. The molecule has 0 saturated heterocycles. The number of rotatable bonds is 6. The smallest absolute Gasteiger partial charge is 0.345 e. The molecule has 0 radical (unpaired) electrons. The predicted octanol–water partition coefficient (Wildman–Crippen LogP) is 2.32. The monoisotopic (exact) mass is 335 g/mol. The van der Waals surface area contributed by atoms with E-state index in [-0.39, 0.29) is 22.6 Å². The Balaban J connectivity index is 2.63. The summed E-state index contributed by atoms with van der Waals surface area (Å²) in [6.07, 6.45) is -3.57. The zero-order valence-corrected chi connectivity index (χ0v) is 13.1. The van der Waals surface area contributed by atoms with Crippen molar-refractivity contribution in [3.05, 3.63) is 18.0 Å². The van der Waals surface area contributed by atoms with E-state index in [1.165, 1.54) is 6.92 Å². The van der Waals surface area contributed by atoms with E-state index >= 15 is 0 Å². The highest BCUT2D eigenvalue weighted by Gasteiger charge is 2.32. The van der Waals surface area contributed by atoms with Crippen molar-refractivity contribution in [3.63, 3.8) is 0 Å². The number of ketones is 1. The van der Waals surface area contributed by atoms with Crippen molar-refractivity contribution in [2.45, 2.75) is 38.1 Å². The first-order valence-electron chi connectivity index (χ1n) is 6.44. The molecule has 0 bridgehead atoms. The minimum Gasteiger partial charge on any atom is -0.345 e. The van der Waals surface area contributed by atoms with Crippen LogP contribution in [0.3, 0.4) is 0 Å². The molecule has 0 spiro atoms. The Morgan fingerprint density at radius 1 is 1.36 bits per heavy atom. The van der Waals surface area contributed by atoms with Crippen molar-refractivity contribution in [2.75, 3.05) is 5.75 Å². The van der Waals surface area contributed by atoms with Crippen molar-refractivity contribution >= 4 is 23.5 Å². The number of carbonyl (C=O) groups is 2. The molecule has 0 aliphatic heterocycles. The van der Waals surface area contributed by atoms with Gasteiger partial charge in [0.1, 0.15) is 5.69 Å². The van der Waals surface area contributed by atoms with Crippen LogP contribution in [-0.2, 0) is 15.8 Å².